The molecule has 0 aromatic heterocycles. The van der Waals surface area contributed by atoms with Crippen LogP contribution in [0, 0.1) is 6.92 Å². The molecule has 0 spiro atoms. The van der Waals surface area contributed by atoms with E-state index in [9.17, 15) is 19.5 Å². The van der Waals surface area contributed by atoms with Crippen LogP contribution in [-0.4, -0.2) is 58.7 Å². The minimum atomic E-state index is -0.148. The average Bonchev–Trinajstić information content (AvgIpc) is 2.98. The SMILES string of the molecule is Cc1ccc(C(=O)CCC(=O)N2CCCN(C(=O)c3cccc(O)c3)CC2)cc1. The van der Waals surface area contributed by atoms with Crippen molar-refractivity contribution in [2.24, 2.45) is 0 Å². The lowest BCUT2D eigenvalue weighted by Crippen LogP contribution is -2.37. The Bertz CT molecular complexity index is 892. The first-order valence-electron chi connectivity index (χ1n) is 9.90. The van der Waals surface area contributed by atoms with Crippen LogP contribution >= 0.6 is 0 Å². The van der Waals surface area contributed by atoms with Crippen molar-refractivity contribution in [1.82, 2.24) is 9.80 Å². The molecule has 2 aromatic rings. The Labute approximate surface area is 170 Å². The molecule has 152 valence electrons. The van der Waals surface area contributed by atoms with Gasteiger partial charge in [0.05, 0.1) is 0 Å². The molecule has 1 aliphatic heterocycles. The highest BCUT2D eigenvalue weighted by atomic mass is 16.3. The maximum absolute atomic E-state index is 12.6. The zero-order chi connectivity index (χ0) is 20.8. The summed E-state index contributed by atoms with van der Waals surface area (Å²) >= 11 is 0. The summed E-state index contributed by atoms with van der Waals surface area (Å²) in [6.07, 6.45) is 1.04. The van der Waals surface area contributed by atoms with Gasteiger partial charge in [-0.15, -0.1) is 0 Å². The van der Waals surface area contributed by atoms with Crippen LogP contribution < -0.4 is 0 Å². The van der Waals surface area contributed by atoms with Gasteiger partial charge in [0, 0.05) is 50.1 Å². The van der Waals surface area contributed by atoms with Crippen molar-refractivity contribution >= 4 is 17.6 Å². The number of phenolic OH excluding ortho intramolecular Hbond substituents is 1. The first-order valence-corrected chi connectivity index (χ1v) is 9.90. The number of amides is 2. The Hall–Kier alpha value is -3.15. The van der Waals surface area contributed by atoms with Gasteiger partial charge in [-0.1, -0.05) is 35.9 Å². The Morgan fingerprint density at radius 2 is 1.55 bits per heavy atom. The van der Waals surface area contributed by atoms with Gasteiger partial charge in [-0.05, 0) is 31.5 Å². The summed E-state index contributed by atoms with van der Waals surface area (Å²) in [4.78, 5) is 40.9. The fourth-order valence-electron chi connectivity index (χ4n) is 3.45. The van der Waals surface area contributed by atoms with Crippen LogP contribution in [0.2, 0.25) is 0 Å². The number of carbonyl (C=O) groups excluding carboxylic acids is 3. The molecule has 1 heterocycles. The summed E-state index contributed by atoms with van der Waals surface area (Å²) in [5.74, 6) is -0.184. The number of rotatable bonds is 5. The smallest absolute Gasteiger partial charge is 0.254 e. The highest BCUT2D eigenvalue weighted by Crippen LogP contribution is 2.15. The van der Waals surface area contributed by atoms with E-state index in [4.69, 9.17) is 0 Å². The number of carbonyl (C=O) groups is 3. The van der Waals surface area contributed by atoms with Gasteiger partial charge in [-0.2, -0.15) is 0 Å². The number of aromatic hydroxyl groups is 1. The van der Waals surface area contributed by atoms with Crippen LogP contribution in [0.25, 0.3) is 0 Å². The van der Waals surface area contributed by atoms with Crippen LogP contribution in [0.5, 0.6) is 5.75 Å². The fraction of sp³-hybridized carbons (Fsp3) is 0.348. The van der Waals surface area contributed by atoms with E-state index < -0.39 is 0 Å². The van der Waals surface area contributed by atoms with E-state index in [1.54, 1.807) is 34.1 Å². The molecule has 1 saturated heterocycles. The summed E-state index contributed by atoms with van der Waals surface area (Å²) in [6, 6.07) is 13.7. The normalized spacial score (nSPS) is 14.4. The minimum absolute atomic E-state index is 0.0335. The first kappa shape index (κ1) is 20.6. The quantitative estimate of drug-likeness (QED) is 0.791. The van der Waals surface area contributed by atoms with Crippen LogP contribution in [0.15, 0.2) is 48.5 Å². The molecule has 29 heavy (non-hydrogen) atoms. The zero-order valence-corrected chi connectivity index (χ0v) is 16.6. The lowest BCUT2D eigenvalue weighted by Gasteiger charge is -2.22. The van der Waals surface area contributed by atoms with Crippen LogP contribution in [-0.2, 0) is 4.79 Å². The third-order valence-corrected chi connectivity index (χ3v) is 5.17. The molecule has 2 amide bonds. The summed E-state index contributed by atoms with van der Waals surface area (Å²) < 4.78 is 0. The molecule has 0 atom stereocenters. The molecule has 0 unspecified atom stereocenters. The molecule has 1 N–H and O–H groups in total. The van der Waals surface area contributed by atoms with Gasteiger partial charge >= 0.3 is 0 Å². The van der Waals surface area contributed by atoms with Crippen molar-refractivity contribution in [3.63, 3.8) is 0 Å². The van der Waals surface area contributed by atoms with Gasteiger partial charge in [-0.25, -0.2) is 0 Å². The molecule has 0 bridgehead atoms. The van der Waals surface area contributed by atoms with E-state index in [1.807, 2.05) is 19.1 Å². The largest absolute Gasteiger partial charge is 0.508 e. The Balaban J connectivity index is 1.52. The molecular weight excluding hydrogens is 368 g/mol. The number of nitrogens with zero attached hydrogens (tertiary/aromatic N) is 2. The molecule has 2 aromatic carbocycles. The number of hydrogen-bond donors (Lipinski definition) is 1. The highest BCUT2D eigenvalue weighted by Gasteiger charge is 2.23. The van der Waals surface area contributed by atoms with Crippen molar-refractivity contribution in [1.29, 1.82) is 0 Å². The summed E-state index contributed by atoms with van der Waals surface area (Å²) in [5.41, 5.74) is 2.16. The number of hydrogen-bond acceptors (Lipinski definition) is 4. The zero-order valence-electron chi connectivity index (χ0n) is 16.6. The third-order valence-electron chi connectivity index (χ3n) is 5.17. The van der Waals surface area contributed by atoms with E-state index in [2.05, 4.69) is 0 Å². The van der Waals surface area contributed by atoms with Crippen molar-refractivity contribution in [2.45, 2.75) is 26.2 Å². The predicted molar refractivity (Wildman–Crippen MR) is 110 cm³/mol. The van der Waals surface area contributed by atoms with E-state index in [0.29, 0.717) is 43.7 Å². The molecule has 3 rings (SSSR count). The standard InChI is InChI=1S/C23H26N2O4/c1-17-6-8-18(9-7-17)21(27)10-11-22(28)24-12-3-13-25(15-14-24)23(29)19-4-2-5-20(26)16-19/h2,4-9,16,26H,3,10-15H2,1H3. The van der Waals surface area contributed by atoms with Gasteiger partial charge < -0.3 is 14.9 Å². The van der Waals surface area contributed by atoms with Gasteiger partial charge in [0.15, 0.2) is 5.78 Å². The van der Waals surface area contributed by atoms with Crippen molar-refractivity contribution in [3.8, 4) is 5.75 Å². The molecule has 6 nitrogen and oxygen atoms in total. The lowest BCUT2D eigenvalue weighted by atomic mass is 10.0. The van der Waals surface area contributed by atoms with Gasteiger partial charge in [0.1, 0.15) is 5.75 Å². The number of benzene rings is 2. The second-order valence-corrected chi connectivity index (χ2v) is 7.37. The van der Waals surface area contributed by atoms with Gasteiger partial charge in [0.25, 0.3) is 5.91 Å². The van der Waals surface area contributed by atoms with E-state index in [1.165, 1.54) is 12.1 Å². The molecule has 0 aliphatic carbocycles. The summed E-state index contributed by atoms with van der Waals surface area (Å²) in [6.45, 7) is 3.97. The average molecular weight is 394 g/mol. The molecule has 6 heteroatoms. The fourth-order valence-corrected chi connectivity index (χ4v) is 3.45. The molecule has 1 fully saturated rings. The second kappa shape index (κ2) is 9.37. The first-order chi connectivity index (χ1) is 13.9. The highest BCUT2D eigenvalue weighted by molar-refractivity contribution is 5.98. The number of phenols is 1. The van der Waals surface area contributed by atoms with E-state index in [-0.39, 0.29) is 36.2 Å². The number of ketones is 1. The summed E-state index contributed by atoms with van der Waals surface area (Å²) in [5, 5.41) is 9.58. The van der Waals surface area contributed by atoms with Crippen molar-refractivity contribution in [2.75, 3.05) is 26.2 Å². The van der Waals surface area contributed by atoms with Gasteiger partial charge in [0.2, 0.25) is 5.91 Å². The molecule has 0 radical (unpaired) electrons. The Morgan fingerprint density at radius 1 is 0.862 bits per heavy atom. The van der Waals surface area contributed by atoms with Crippen LogP contribution in [0.1, 0.15) is 45.5 Å². The molecular formula is C23H26N2O4. The van der Waals surface area contributed by atoms with E-state index >= 15 is 0 Å². The van der Waals surface area contributed by atoms with Crippen LogP contribution in [0.3, 0.4) is 0 Å². The third kappa shape index (κ3) is 5.44. The number of Topliss-reactive ketones (excluding diaryl/α,β-unsaturated/α-hetero) is 1. The monoisotopic (exact) mass is 394 g/mol. The van der Waals surface area contributed by atoms with Crippen molar-refractivity contribution < 1.29 is 19.5 Å². The number of aryl methyl sites for hydroxylation is 1. The summed E-state index contributed by atoms with van der Waals surface area (Å²) in [7, 11) is 0. The maximum Gasteiger partial charge on any atom is 0.254 e. The van der Waals surface area contributed by atoms with Crippen LogP contribution in [0.4, 0.5) is 0 Å². The Morgan fingerprint density at radius 3 is 2.28 bits per heavy atom. The predicted octanol–water partition coefficient (Wildman–Crippen LogP) is 3.04. The molecule has 1 aliphatic rings. The van der Waals surface area contributed by atoms with E-state index in [0.717, 1.165) is 5.56 Å². The lowest BCUT2D eigenvalue weighted by molar-refractivity contribution is -0.131. The topological polar surface area (TPSA) is 77.9 Å². The second-order valence-electron chi connectivity index (χ2n) is 7.37. The minimum Gasteiger partial charge on any atom is -0.508 e. The van der Waals surface area contributed by atoms with Gasteiger partial charge in [-0.3, -0.25) is 14.4 Å². The van der Waals surface area contributed by atoms with Crippen molar-refractivity contribution in [3.05, 3.63) is 65.2 Å². The maximum atomic E-state index is 12.6. The molecule has 0 saturated carbocycles. The Kier molecular flexibility index (Phi) is 6.65.